The van der Waals surface area contributed by atoms with Gasteiger partial charge in [0.15, 0.2) is 0 Å². The van der Waals surface area contributed by atoms with Gasteiger partial charge in [-0.1, -0.05) is 12.1 Å². The Kier molecular flexibility index (Phi) is 10.8. The highest BCUT2D eigenvalue weighted by molar-refractivity contribution is 6.62. The average Bonchev–Trinajstić information content (AvgIpc) is 3.73. The summed E-state index contributed by atoms with van der Waals surface area (Å²) in [5, 5.41) is 28.3. The van der Waals surface area contributed by atoms with Gasteiger partial charge in [0.2, 0.25) is 11.8 Å². The minimum atomic E-state index is -1.48. The molecule has 0 spiro atoms. The number of imide groups is 1. The topological polar surface area (TPSA) is 253 Å². The Labute approximate surface area is 280 Å². The van der Waals surface area contributed by atoms with Crippen molar-refractivity contribution in [3.8, 4) is 0 Å². The van der Waals surface area contributed by atoms with Crippen molar-refractivity contribution in [3.63, 3.8) is 0 Å². The Balaban J connectivity index is 1.35. The van der Waals surface area contributed by atoms with E-state index >= 15 is 0 Å². The standard InChI is InChI=1S/C30H33B2N5O12/c1-15(34-28(42)16-2-4-18-13-47-31(45)21(18)10-16)27(36-29(43)17-3-5-19-14-48-32(46)22(19)11-17)30(44)35-20(6-7-23(33)38)12-26(41)49-37-24(39)8-9-25(37)40/h2-5,10-11,15,20,27,45-46H,6-9,12-14H2,1H3,(H2,33,38)(H,34,42)(H,35,44)(H,36,43)/t15-,20-,27-/m0/s1. The molecule has 0 unspecified atom stereocenters. The van der Waals surface area contributed by atoms with Gasteiger partial charge < -0.3 is 45.9 Å². The van der Waals surface area contributed by atoms with Crippen LogP contribution in [-0.2, 0) is 51.3 Å². The lowest BCUT2D eigenvalue weighted by atomic mass is 9.78. The van der Waals surface area contributed by atoms with E-state index in [1.165, 1.54) is 31.2 Å². The maximum absolute atomic E-state index is 13.8. The van der Waals surface area contributed by atoms with E-state index in [1.807, 2.05) is 0 Å². The number of carbonyl (C=O) groups excluding carboxylic acids is 7. The van der Waals surface area contributed by atoms with E-state index in [9.17, 15) is 43.6 Å². The van der Waals surface area contributed by atoms with E-state index in [4.69, 9.17) is 19.9 Å². The second kappa shape index (κ2) is 15.0. The number of hydroxylamine groups is 2. The van der Waals surface area contributed by atoms with Crippen LogP contribution in [0.3, 0.4) is 0 Å². The fourth-order valence-corrected chi connectivity index (χ4v) is 5.56. The number of primary amides is 1. The SMILES string of the molecule is C[C@H](NC(=O)c1ccc2c(c1)B(O)OC2)[C@H](NC(=O)c1ccc2c(c1)B(O)OC2)C(=O)N[C@@H](CCC(N)=O)CC(=O)ON1C(=O)CCC1=O. The van der Waals surface area contributed by atoms with Crippen molar-refractivity contribution in [2.24, 2.45) is 5.73 Å². The highest BCUT2D eigenvalue weighted by atomic mass is 16.7. The molecule has 3 aliphatic heterocycles. The summed E-state index contributed by atoms with van der Waals surface area (Å²) in [5.41, 5.74) is 7.65. The molecule has 2 aromatic carbocycles. The molecule has 5 rings (SSSR count). The molecule has 0 bridgehead atoms. The maximum atomic E-state index is 13.8. The number of carbonyl (C=O) groups is 7. The number of benzene rings is 2. The zero-order valence-corrected chi connectivity index (χ0v) is 26.3. The molecule has 1 saturated heterocycles. The van der Waals surface area contributed by atoms with Crippen molar-refractivity contribution < 1.29 is 57.8 Å². The van der Waals surface area contributed by atoms with Gasteiger partial charge in [-0.25, -0.2) is 4.79 Å². The van der Waals surface area contributed by atoms with Crippen molar-refractivity contribution in [2.45, 2.75) is 70.4 Å². The number of nitrogens with two attached hydrogens (primary N) is 1. The molecule has 1 fully saturated rings. The highest BCUT2D eigenvalue weighted by Gasteiger charge is 2.36. The number of amides is 6. The Hall–Kier alpha value is -5.10. The third-order valence-corrected chi connectivity index (χ3v) is 8.27. The van der Waals surface area contributed by atoms with Crippen molar-refractivity contribution in [3.05, 3.63) is 58.7 Å². The second-order valence-electron chi connectivity index (χ2n) is 11.8. The fraction of sp³-hybridized carbons (Fsp3) is 0.367. The molecule has 7 N–H and O–H groups in total. The van der Waals surface area contributed by atoms with E-state index in [2.05, 4.69) is 16.0 Å². The third-order valence-electron chi connectivity index (χ3n) is 8.27. The molecular weight excluding hydrogens is 644 g/mol. The van der Waals surface area contributed by atoms with Crippen molar-refractivity contribution in [1.82, 2.24) is 21.0 Å². The summed E-state index contributed by atoms with van der Waals surface area (Å²) in [5.74, 6) is -5.48. The van der Waals surface area contributed by atoms with Gasteiger partial charge in [-0.3, -0.25) is 28.8 Å². The molecule has 3 aliphatic rings. The van der Waals surface area contributed by atoms with E-state index in [0.29, 0.717) is 27.1 Å². The van der Waals surface area contributed by atoms with Crippen LogP contribution in [0.2, 0.25) is 0 Å². The summed E-state index contributed by atoms with van der Waals surface area (Å²) in [6.07, 6.45) is -1.26. The number of nitrogens with zero attached hydrogens (tertiary/aromatic N) is 1. The van der Waals surface area contributed by atoms with E-state index in [-0.39, 0.29) is 50.0 Å². The van der Waals surface area contributed by atoms with Crippen LogP contribution >= 0.6 is 0 Å². The van der Waals surface area contributed by atoms with Crippen LogP contribution in [0, 0.1) is 0 Å². The first-order valence-electron chi connectivity index (χ1n) is 15.4. The molecular formula is C30H33B2N5O12. The largest absolute Gasteiger partial charge is 0.491 e. The summed E-state index contributed by atoms with van der Waals surface area (Å²) in [4.78, 5) is 93.6. The van der Waals surface area contributed by atoms with E-state index in [1.54, 1.807) is 12.1 Å². The minimum Gasteiger partial charge on any atom is -0.423 e. The molecule has 17 nitrogen and oxygen atoms in total. The first-order valence-corrected chi connectivity index (χ1v) is 15.4. The first-order chi connectivity index (χ1) is 23.3. The van der Waals surface area contributed by atoms with Crippen LogP contribution in [0.25, 0.3) is 0 Å². The van der Waals surface area contributed by atoms with Gasteiger partial charge >= 0.3 is 20.2 Å². The van der Waals surface area contributed by atoms with Crippen molar-refractivity contribution in [1.29, 1.82) is 0 Å². The van der Waals surface area contributed by atoms with Crippen molar-refractivity contribution >= 4 is 66.6 Å². The maximum Gasteiger partial charge on any atom is 0.491 e. The van der Waals surface area contributed by atoms with Gasteiger partial charge in [0.25, 0.3) is 23.6 Å². The van der Waals surface area contributed by atoms with Crippen LogP contribution in [0.4, 0.5) is 0 Å². The van der Waals surface area contributed by atoms with Crippen molar-refractivity contribution in [2.75, 3.05) is 0 Å². The molecule has 6 amide bonds. The van der Waals surface area contributed by atoms with Gasteiger partial charge in [0.1, 0.15) is 6.04 Å². The number of hydrogen-bond acceptors (Lipinski definition) is 12. The summed E-state index contributed by atoms with van der Waals surface area (Å²) in [6, 6.07) is 5.35. The molecule has 256 valence electrons. The zero-order valence-electron chi connectivity index (χ0n) is 26.3. The lowest BCUT2D eigenvalue weighted by Crippen LogP contribution is -2.59. The summed E-state index contributed by atoms with van der Waals surface area (Å²) >= 11 is 0. The Morgan fingerprint density at radius 3 is 1.94 bits per heavy atom. The molecule has 0 aliphatic carbocycles. The van der Waals surface area contributed by atoms with Crippen LogP contribution in [-0.4, -0.2) is 88.9 Å². The lowest BCUT2D eigenvalue weighted by Gasteiger charge is -2.28. The molecule has 0 saturated carbocycles. The minimum absolute atomic E-state index is 0.0704. The summed E-state index contributed by atoms with van der Waals surface area (Å²) in [6.45, 7) is 1.77. The van der Waals surface area contributed by atoms with E-state index < -0.39 is 80.2 Å². The average molecular weight is 677 g/mol. The molecule has 3 atom stereocenters. The van der Waals surface area contributed by atoms with E-state index in [0.717, 1.165) is 0 Å². The third kappa shape index (κ3) is 8.32. The van der Waals surface area contributed by atoms with Gasteiger partial charge in [-0.05, 0) is 59.7 Å². The Morgan fingerprint density at radius 1 is 0.878 bits per heavy atom. The molecule has 2 aromatic rings. The van der Waals surface area contributed by atoms with Crippen LogP contribution in [0.15, 0.2) is 36.4 Å². The smallest absolute Gasteiger partial charge is 0.423 e. The number of hydrogen-bond donors (Lipinski definition) is 6. The van der Waals surface area contributed by atoms with Gasteiger partial charge in [0, 0.05) is 36.4 Å². The van der Waals surface area contributed by atoms with Gasteiger partial charge in [-0.2, -0.15) is 0 Å². The highest BCUT2D eigenvalue weighted by Crippen LogP contribution is 2.16. The predicted octanol–water partition coefficient (Wildman–Crippen LogP) is -3.21. The second-order valence-corrected chi connectivity index (χ2v) is 11.8. The quantitative estimate of drug-likeness (QED) is 0.0905. The van der Waals surface area contributed by atoms with Crippen LogP contribution in [0.1, 0.15) is 70.9 Å². The molecule has 0 radical (unpaired) electrons. The molecule has 0 aromatic heterocycles. The predicted molar refractivity (Wildman–Crippen MR) is 168 cm³/mol. The van der Waals surface area contributed by atoms with Crippen LogP contribution in [0.5, 0.6) is 0 Å². The van der Waals surface area contributed by atoms with Gasteiger partial charge in [-0.15, -0.1) is 5.06 Å². The number of nitrogens with one attached hydrogen (secondary N) is 3. The monoisotopic (exact) mass is 677 g/mol. The first kappa shape index (κ1) is 35.2. The summed E-state index contributed by atoms with van der Waals surface area (Å²) < 4.78 is 10.4. The zero-order chi connectivity index (χ0) is 35.4. The molecule has 49 heavy (non-hydrogen) atoms. The van der Waals surface area contributed by atoms with Crippen LogP contribution < -0.4 is 32.6 Å². The number of rotatable bonds is 13. The lowest BCUT2D eigenvalue weighted by molar-refractivity contribution is -0.197. The Morgan fingerprint density at radius 2 is 1.41 bits per heavy atom. The molecule has 3 heterocycles. The number of fused-ring (bicyclic) bond motifs is 2. The molecule has 19 heteroatoms. The summed E-state index contributed by atoms with van der Waals surface area (Å²) in [7, 11) is -2.45. The Bertz CT molecular complexity index is 1690. The van der Waals surface area contributed by atoms with Gasteiger partial charge in [0.05, 0.1) is 25.7 Å². The normalized spacial score (nSPS) is 16.8. The fourth-order valence-electron chi connectivity index (χ4n) is 5.56.